The largest absolute Gasteiger partial charge is 0.370 e. The van der Waals surface area contributed by atoms with Gasteiger partial charge in [-0.1, -0.05) is 0 Å². The molecule has 0 saturated heterocycles. The van der Waals surface area contributed by atoms with Gasteiger partial charge < -0.3 is 10.8 Å². The first kappa shape index (κ1) is 10.6. The number of aliphatic hydroxyl groups excluding tert-OH is 1. The Labute approximate surface area is 88.7 Å². The lowest BCUT2D eigenvalue weighted by Gasteiger charge is -2.13. The third kappa shape index (κ3) is 1.52. The Hall–Kier alpha value is -1.96. The molecule has 2 unspecified atom stereocenters. The van der Waals surface area contributed by atoms with Crippen LogP contribution in [0.15, 0.2) is 11.1 Å². The van der Waals surface area contributed by atoms with Gasteiger partial charge in [-0.3, -0.25) is 14.3 Å². The summed E-state index contributed by atoms with van der Waals surface area (Å²) in [5, 5.41) is 9.52. The number of H-pyrrole nitrogens is 1. The summed E-state index contributed by atoms with van der Waals surface area (Å²) >= 11 is 0. The van der Waals surface area contributed by atoms with Crippen molar-refractivity contribution in [3.8, 4) is 0 Å². The molecular formula is C8H10FN5O2. The Morgan fingerprint density at radius 2 is 2.38 bits per heavy atom. The molecule has 0 amide bonds. The van der Waals surface area contributed by atoms with Crippen LogP contribution in [0.3, 0.4) is 0 Å². The van der Waals surface area contributed by atoms with Crippen LogP contribution in [0, 0.1) is 0 Å². The van der Waals surface area contributed by atoms with Gasteiger partial charge >= 0.3 is 0 Å². The van der Waals surface area contributed by atoms with Crippen LogP contribution in [0.2, 0.25) is 0 Å². The van der Waals surface area contributed by atoms with Crippen molar-refractivity contribution >= 4 is 17.1 Å². The maximum Gasteiger partial charge on any atom is 0.280 e. The standard InChI is InChI=1S/C8H10FN5O2/c1-3(9)7(16)14-2-11-4-5(14)12-8(10)13-6(4)15/h2-3,7,16H,1H3,(H3,10,12,13,15). The number of aromatic nitrogens is 4. The molecule has 86 valence electrons. The predicted octanol–water partition coefficient (Wildman–Crippen LogP) is -0.449. The molecule has 2 aromatic heterocycles. The van der Waals surface area contributed by atoms with Gasteiger partial charge in [0.05, 0.1) is 6.33 Å². The van der Waals surface area contributed by atoms with Crippen molar-refractivity contribution in [3.63, 3.8) is 0 Å². The molecule has 0 aliphatic rings. The van der Waals surface area contributed by atoms with Crippen LogP contribution in [0.1, 0.15) is 13.2 Å². The van der Waals surface area contributed by atoms with E-state index in [4.69, 9.17) is 5.73 Å². The number of halogens is 1. The van der Waals surface area contributed by atoms with Gasteiger partial charge in [-0.2, -0.15) is 4.98 Å². The summed E-state index contributed by atoms with van der Waals surface area (Å²) in [6.07, 6.45) is -1.81. The van der Waals surface area contributed by atoms with Gasteiger partial charge in [0.1, 0.15) is 6.17 Å². The number of rotatable bonds is 2. The maximum atomic E-state index is 12.9. The summed E-state index contributed by atoms with van der Waals surface area (Å²) in [5.41, 5.74) is 4.88. The number of hydrogen-bond donors (Lipinski definition) is 3. The summed E-state index contributed by atoms with van der Waals surface area (Å²) in [7, 11) is 0. The molecule has 2 atom stereocenters. The molecule has 0 aliphatic carbocycles. The van der Waals surface area contributed by atoms with Gasteiger partial charge in [-0.15, -0.1) is 0 Å². The van der Waals surface area contributed by atoms with E-state index in [0.717, 1.165) is 10.9 Å². The van der Waals surface area contributed by atoms with Crippen LogP contribution in [0.25, 0.3) is 11.2 Å². The number of alkyl halides is 1. The lowest BCUT2D eigenvalue weighted by molar-refractivity contribution is 0.0308. The number of nitrogen functional groups attached to an aromatic ring is 1. The second-order valence-electron chi connectivity index (χ2n) is 3.37. The number of fused-ring (bicyclic) bond motifs is 1. The van der Waals surface area contributed by atoms with E-state index in [0.29, 0.717) is 0 Å². The van der Waals surface area contributed by atoms with Crippen molar-refractivity contribution in [1.29, 1.82) is 0 Å². The van der Waals surface area contributed by atoms with Gasteiger partial charge in [0.2, 0.25) is 5.95 Å². The van der Waals surface area contributed by atoms with E-state index < -0.39 is 18.0 Å². The average molecular weight is 227 g/mol. The van der Waals surface area contributed by atoms with E-state index >= 15 is 0 Å². The molecule has 2 aromatic rings. The molecule has 0 spiro atoms. The molecule has 4 N–H and O–H groups in total. The Bertz CT molecular complexity index is 575. The van der Waals surface area contributed by atoms with Crippen LogP contribution < -0.4 is 11.3 Å². The van der Waals surface area contributed by atoms with E-state index in [-0.39, 0.29) is 17.1 Å². The lowest BCUT2D eigenvalue weighted by atomic mass is 10.4. The van der Waals surface area contributed by atoms with Crippen LogP contribution in [-0.4, -0.2) is 30.8 Å². The quantitative estimate of drug-likeness (QED) is 0.643. The summed E-state index contributed by atoms with van der Waals surface area (Å²) in [5.74, 6) is -0.113. The molecule has 2 heterocycles. The Kier molecular flexibility index (Phi) is 2.35. The van der Waals surface area contributed by atoms with Crippen molar-refractivity contribution in [2.45, 2.75) is 19.3 Å². The normalized spacial score (nSPS) is 15.2. The molecule has 0 bridgehead atoms. The Balaban J connectivity index is 2.69. The van der Waals surface area contributed by atoms with E-state index in [2.05, 4.69) is 15.0 Å². The number of anilines is 1. The summed E-state index contributed by atoms with van der Waals surface area (Å²) < 4.78 is 14.0. The highest BCUT2D eigenvalue weighted by Gasteiger charge is 2.19. The molecule has 0 aromatic carbocycles. The third-order valence-corrected chi connectivity index (χ3v) is 2.15. The van der Waals surface area contributed by atoms with Crippen molar-refractivity contribution in [2.75, 3.05) is 5.73 Å². The number of nitrogens with two attached hydrogens (primary N) is 1. The first-order chi connectivity index (χ1) is 7.50. The second-order valence-corrected chi connectivity index (χ2v) is 3.37. The van der Waals surface area contributed by atoms with Crippen LogP contribution >= 0.6 is 0 Å². The first-order valence-electron chi connectivity index (χ1n) is 4.55. The van der Waals surface area contributed by atoms with Crippen LogP contribution in [0.5, 0.6) is 0 Å². The number of nitrogens with one attached hydrogen (secondary N) is 1. The minimum Gasteiger partial charge on any atom is -0.370 e. The molecule has 0 fully saturated rings. The van der Waals surface area contributed by atoms with Crippen molar-refractivity contribution in [2.24, 2.45) is 0 Å². The minimum absolute atomic E-state index is 0.00824. The fourth-order valence-electron chi connectivity index (χ4n) is 1.36. The molecule has 16 heavy (non-hydrogen) atoms. The van der Waals surface area contributed by atoms with Gasteiger partial charge in [-0.25, -0.2) is 9.37 Å². The number of nitrogens with zero attached hydrogens (tertiary/aromatic N) is 3. The number of aliphatic hydroxyl groups is 1. The molecule has 0 saturated carbocycles. The zero-order valence-electron chi connectivity index (χ0n) is 8.38. The minimum atomic E-state index is -1.51. The average Bonchev–Trinajstić information content (AvgIpc) is 2.60. The number of hydrogen-bond acceptors (Lipinski definition) is 5. The second kappa shape index (κ2) is 3.56. The number of imidazole rings is 1. The molecule has 0 aliphatic heterocycles. The lowest BCUT2D eigenvalue weighted by Crippen LogP contribution is -2.18. The highest BCUT2D eigenvalue weighted by atomic mass is 19.1. The third-order valence-electron chi connectivity index (χ3n) is 2.15. The molecular weight excluding hydrogens is 217 g/mol. The highest BCUT2D eigenvalue weighted by Crippen LogP contribution is 2.16. The van der Waals surface area contributed by atoms with Crippen LogP contribution in [0.4, 0.5) is 10.3 Å². The summed E-state index contributed by atoms with van der Waals surface area (Å²) in [6, 6.07) is 0. The van der Waals surface area contributed by atoms with E-state index in [1.165, 1.54) is 6.92 Å². The van der Waals surface area contributed by atoms with E-state index in [1.54, 1.807) is 0 Å². The Morgan fingerprint density at radius 1 is 1.69 bits per heavy atom. The smallest absolute Gasteiger partial charge is 0.280 e. The van der Waals surface area contributed by atoms with Crippen molar-refractivity contribution < 1.29 is 9.50 Å². The predicted molar refractivity (Wildman–Crippen MR) is 54.4 cm³/mol. The Morgan fingerprint density at radius 3 is 3.00 bits per heavy atom. The maximum absolute atomic E-state index is 12.9. The number of aromatic amines is 1. The molecule has 8 heteroatoms. The van der Waals surface area contributed by atoms with E-state index in [9.17, 15) is 14.3 Å². The first-order valence-corrected chi connectivity index (χ1v) is 4.55. The van der Waals surface area contributed by atoms with E-state index in [1.807, 2.05) is 0 Å². The fourth-order valence-corrected chi connectivity index (χ4v) is 1.36. The molecule has 2 rings (SSSR count). The topological polar surface area (TPSA) is 110 Å². The highest BCUT2D eigenvalue weighted by molar-refractivity contribution is 5.70. The van der Waals surface area contributed by atoms with Crippen molar-refractivity contribution in [1.82, 2.24) is 19.5 Å². The van der Waals surface area contributed by atoms with Gasteiger partial charge in [0.25, 0.3) is 5.56 Å². The monoisotopic (exact) mass is 227 g/mol. The molecule has 7 nitrogen and oxygen atoms in total. The summed E-state index contributed by atoms with van der Waals surface area (Å²) in [6.45, 7) is 1.19. The summed E-state index contributed by atoms with van der Waals surface area (Å²) in [4.78, 5) is 21.2. The SMILES string of the molecule is CC(F)C(O)n1cnc2c(=O)[nH]c(N)nc21. The molecule has 0 radical (unpaired) electrons. The van der Waals surface area contributed by atoms with Crippen LogP contribution in [-0.2, 0) is 0 Å². The van der Waals surface area contributed by atoms with Gasteiger partial charge in [0, 0.05) is 0 Å². The van der Waals surface area contributed by atoms with Gasteiger partial charge in [-0.05, 0) is 6.92 Å². The van der Waals surface area contributed by atoms with Crippen molar-refractivity contribution in [3.05, 3.63) is 16.7 Å². The van der Waals surface area contributed by atoms with Gasteiger partial charge in [0.15, 0.2) is 17.4 Å². The zero-order valence-corrected chi connectivity index (χ0v) is 8.38. The fraction of sp³-hybridized carbons (Fsp3) is 0.375. The zero-order chi connectivity index (χ0) is 11.9.